The van der Waals surface area contributed by atoms with Crippen LogP contribution in [0.15, 0.2) is 33.7 Å². The topological polar surface area (TPSA) is 103 Å². The molecule has 1 aliphatic heterocycles. The molecule has 144 valence electrons. The van der Waals surface area contributed by atoms with E-state index in [-0.39, 0.29) is 18.2 Å². The van der Waals surface area contributed by atoms with Gasteiger partial charge < -0.3 is 9.52 Å². The van der Waals surface area contributed by atoms with Gasteiger partial charge in [0.15, 0.2) is 0 Å². The zero-order valence-corrected chi connectivity index (χ0v) is 15.3. The van der Waals surface area contributed by atoms with E-state index >= 15 is 0 Å². The molecule has 27 heavy (non-hydrogen) atoms. The van der Waals surface area contributed by atoms with Crippen LogP contribution in [-0.2, 0) is 13.1 Å². The maximum absolute atomic E-state index is 12.1. The van der Waals surface area contributed by atoms with E-state index < -0.39 is 0 Å². The number of fused-ring (bicyclic) bond motifs is 1. The molecule has 3 aromatic heterocycles. The molecule has 1 atom stereocenters. The van der Waals surface area contributed by atoms with Crippen LogP contribution in [0.2, 0.25) is 0 Å². The molecule has 0 aliphatic carbocycles. The summed E-state index contributed by atoms with van der Waals surface area (Å²) in [5.41, 5.74) is 0.552. The van der Waals surface area contributed by atoms with Gasteiger partial charge >= 0.3 is 0 Å². The second-order valence-corrected chi connectivity index (χ2v) is 6.99. The number of furan rings is 1. The first-order chi connectivity index (χ1) is 13.1. The normalized spacial score (nSPS) is 19.1. The van der Waals surface area contributed by atoms with Crippen molar-refractivity contribution in [2.75, 3.05) is 26.2 Å². The molecular formula is C18H24N6O3. The minimum atomic E-state index is -0.161. The van der Waals surface area contributed by atoms with E-state index in [1.807, 2.05) is 19.1 Å². The fourth-order valence-corrected chi connectivity index (χ4v) is 3.68. The summed E-state index contributed by atoms with van der Waals surface area (Å²) in [6.07, 6.45) is 2.16. The second-order valence-electron chi connectivity index (χ2n) is 6.99. The van der Waals surface area contributed by atoms with Crippen LogP contribution in [0.25, 0.3) is 5.78 Å². The minimum Gasteiger partial charge on any atom is -0.465 e. The molecule has 0 unspecified atom stereocenters. The van der Waals surface area contributed by atoms with Crippen molar-refractivity contribution >= 4 is 5.78 Å². The average Bonchev–Trinajstić information content (AvgIpc) is 3.26. The number of aliphatic hydroxyl groups excluding tert-OH is 1. The zero-order chi connectivity index (χ0) is 18.8. The number of nitrogens with one attached hydrogen (secondary N) is 1. The Bertz CT molecular complexity index is 961. The number of H-pyrrole nitrogens is 1. The van der Waals surface area contributed by atoms with Crippen molar-refractivity contribution in [1.82, 2.24) is 29.4 Å². The molecule has 0 saturated carbocycles. The third-order valence-electron chi connectivity index (χ3n) is 5.01. The summed E-state index contributed by atoms with van der Waals surface area (Å²) in [6.45, 7) is 5.96. The molecule has 1 saturated heterocycles. The lowest BCUT2D eigenvalue weighted by atomic mass is 10.1. The summed E-state index contributed by atoms with van der Waals surface area (Å²) in [6, 6.07) is 5.75. The first kappa shape index (κ1) is 17.9. The Balaban J connectivity index is 1.44. The average molecular weight is 372 g/mol. The maximum Gasteiger partial charge on any atom is 0.274 e. The number of aryl methyl sites for hydroxylation is 1. The van der Waals surface area contributed by atoms with Gasteiger partial charge in [0.25, 0.3) is 11.3 Å². The first-order valence-corrected chi connectivity index (χ1v) is 9.17. The van der Waals surface area contributed by atoms with Crippen molar-refractivity contribution in [3.63, 3.8) is 0 Å². The molecule has 4 heterocycles. The lowest BCUT2D eigenvalue weighted by Gasteiger charge is -2.41. The van der Waals surface area contributed by atoms with Gasteiger partial charge in [0, 0.05) is 44.9 Å². The molecule has 2 N–H and O–H groups in total. The quantitative estimate of drug-likeness (QED) is 0.645. The van der Waals surface area contributed by atoms with Gasteiger partial charge in [-0.1, -0.05) is 0 Å². The highest BCUT2D eigenvalue weighted by Crippen LogP contribution is 2.19. The second kappa shape index (κ2) is 7.63. The van der Waals surface area contributed by atoms with Crippen LogP contribution in [0.3, 0.4) is 0 Å². The van der Waals surface area contributed by atoms with E-state index in [0.717, 1.165) is 37.7 Å². The largest absolute Gasteiger partial charge is 0.465 e. The van der Waals surface area contributed by atoms with E-state index in [2.05, 4.69) is 24.9 Å². The van der Waals surface area contributed by atoms with Crippen LogP contribution >= 0.6 is 0 Å². The molecule has 3 aromatic rings. The Morgan fingerprint density at radius 3 is 3.00 bits per heavy atom. The maximum atomic E-state index is 12.1. The summed E-state index contributed by atoms with van der Waals surface area (Å²) >= 11 is 0. The fourth-order valence-electron chi connectivity index (χ4n) is 3.68. The number of nitrogens with zero attached hydrogens (tertiary/aromatic N) is 5. The number of aromatic nitrogens is 4. The summed E-state index contributed by atoms with van der Waals surface area (Å²) in [4.78, 5) is 25.2. The fraction of sp³-hybridized carbons (Fsp3) is 0.500. The standard InChI is InChI=1S/C18H24N6O3/c1-13-2-3-16(27-13)11-23-6-5-22(10-15(23)4-7-25)9-14-8-17(26)24-18(21-14)19-12-20-24/h2-3,8,12,15,25H,4-7,9-11H2,1H3,(H,19,20,21)/t15-/m1/s1. The van der Waals surface area contributed by atoms with Crippen molar-refractivity contribution < 1.29 is 9.52 Å². The molecular weight excluding hydrogens is 348 g/mol. The van der Waals surface area contributed by atoms with Crippen molar-refractivity contribution in [3.05, 3.63) is 52.1 Å². The van der Waals surface area contributed by atoms with E-state index in [0.29, 0.717) is 24.4 Å². The molecule has 0 amide bonds. The Kier molecular flexibility index (Phi) is 5.06. The lowest BCUT2D eigenvalue weighted by Crippen LogP contribution is -2.52. The molecule has 0 aromatic carbocycles. The van der Waals surface area contributed by atoms with Crippen molar-refractivity contribution in [2.45, 2.75) is 32.5 Å². The van der Waals surface area contributed by atoms with Gasteiger partial charge in [0.05, 0.1) is 12.2 Å². The van der Waals surface area contributed by atoms with Crippen LogP contribution in [-0.4, -0.2) is 66.8 Å². The number of aliphatic hydroxyl groups is 1. The van der Waals surface area contributed by atoms with E-state index in [9.17, 15) is 9.90 Å². The number of hydrogen-bond acceptors (Lipinski definition) is 7. The van der Waals surface area contributed by atoms with Crippen LogP contribution < -0.4 is 5.56 Å². The smallest absolute Gasteiger partial charge is 0.274 e. The predicted molar refractivity (Wildman–Crippen MR) is 98.2 cm³/mol. The SMILES string of the molecule is Cc1ccc(CN2CCN(Cc3cc(=O)n4[nH]cnc4n3)C[C@H]2CCO)o1. The Morgan fingerprint density at radius 2 is 2.22 bits per heavy atom. The van der Waals surface area contributed by atoms with Crippen molar-refractivity contribution in [2.24, 2.45) is 0 Å². The molecule has 1 aliphatic rings. The van der Waals surface area contributed by atoms with Crippen molar-refractivity contribution in [3.8, 4) is 0 Å². The van der Waals surface area contributed by atoms with E-state index in [4.69, 9.17) is 4.42 Å². The van der Waals surface area contributed by atoms with Crippen LogP contribution in [0.1, 0.15) is 23.6 Å². The van der Waals surface area contributed by atoms with Gasteiger partial charge in [-0.15, -0.1) is 0 Å². The molecule has 0 spiro atoms. The summed E-state index contributed by atoms with van der Waals surface area (Å²) in [5.74, 6) is 2.24. The highest BCUT2D eigenvalue weighted by molar-refractivity contribution is 5.26. The van der Waals surface area contributed by atoms with Gasteiger partial charge in [-0.2, -0.15) is 4.52 Å². The third kappa shape index (κ3) is 3.95. The highest BCUT2D eigenvalue weighted by atomic mass is 16.3. The minimum absolute atomic E-state index is 0.144. The van der Waals surface area contributed by atoms with Gasteiger partial charge in [0.2, 0.25) is 0 Å². The Hall–Kier alpha value is -2.49. The van der Waals surface area contributed by atoms with Crippen LogP contribution in [0.4, 0.5) is 0 Å². The molecule has 4 rings (SSSR count). The lowest BCUT2D eigenvalue weighted by molar-refractivity contribution is 0.0449. The molecule has 9 nitrogen and oxygen atoms in total. The highest BCUT2D eigenvalue weighted by Gasteiger charge is 2.27. The number of rotatable bonds is 6. The van der Waals surface area contributed by atoms with Gasteiger partial charge in [-0.3, -0.25) is 19.7 Å². The van der Waals surface area contributed by atoms with Crippen LogP contribution in [0.5, 0.6) is 0 Å². The van der Waals surface area contributed by atoms with E-state index in [1.54, 1.807) is 6.07 Å². The molecule has 0 radical (unpaired) electrons. The Morgan fingerprint density at radius 1 is 1.33 bits per heavy atom. The van der Waals surface area contributed by atoms with Gasteiger partial charge in [-0.25, -0.2) is 9.97 Å². The molecule has 9 heteroatoms. The van der Waals surface area contributed by atoms with Crippen LogP contribution in [0, 0.1) is 6.92 Å². The number of hydrogen-bond donors (Lipinski definition) is 2. The predicted octanol–water partition coefficient (Wildman–Crippen LogP) is 0.388. The monoisotopic (exact) mass is 372 g/mol. The number of aromatic amines is 1. The molecule has 0 bridgehead atoms. The summed E-state index contributed by atoms with van der Waals surface area (Å²) in [7, 11) is 0. The number of piperazine rings is 1. The summed E-state index contributed by atoms with van der Waals surface area (Å²) < 4.78 is 7.03. The van der Waals surface area contributed by atoms with Gasteiger partial charge in [0.1, 0.15) is 17.8 Å². The van der Waals surface area contributed by atoms with Gasteiger partial charge in [-0.05, 0) is 25.5 Å². The third-order valence-corrected chi connectivity index (χ3v) is 5.01. The zero-order valence-electron chi connectivity index (χ0n) is 15.3. The summed E-state index contributed by atoms with van der Waals surface area (Å²) in [5, 5.41) is 12.2. The van der Waals surface area contributed by atoms with Crippen molar-refractivity contribution in [1.29, 1.82) is 0 Å². The van der Waals surface area contributed by atoms with E-state index in [1.165, 1.54) is 10.8 Å². The molecule has 1 fully saturated rings. The first-order valence-electron chi connectivity index (χ1n) is 9.17. The Labute approximate surface area is 156 Å².